The second kappa shape index (κ2) is 5.69. The number of rotatable bonds is 5. The summed E-state index contributed by atoms with van der Waals surface area (Å²) in [6, 6.07) is 5.78. The smallest absolute Gasteiger partial charge is 0.336 e. The number of hydrogen-bond donors (Lipinski definition) is 3. The van der Waals surface area contributed by atoms with Crippen LogP contribution in [-0.2, 0) is 11.3 Å². The van der Waals surface area contributed by atoms with E-state index in [2.05, 4.69) is 5.32 Å². The first-order valence-electron chi connectivity index (χ1n) is 6.16. The number of nitrogens with one attached hydrogen (secondary N) is 1. The predicted molar refractivity (Wildman–Crippen MR) is 81.5 cm³/mol. The van der Waals surface area contributed by atoms with Gasteiger partial charge in [0.1, 0.15) is 0 Å². The number of carbonyl (C=O) groups is 1. The summed E-state index contributed by atoms with van der Waals surface area (Å²) < 4.78 is 1.04. The highest BCUT2D eigenvalue weighted by Crippen LogP contribution is 2.35. The summed E-state index contributed by atoms with van der Waals surface area (Å²) in [5.74, 6) is -1.24. The number of aryl methyl sites for hydroxylation is 1. The summed E-state index contributed by atoms with van der Waals surface area (Å²) in [4.78, 5) is 11.9. The number of benzene rings is 1. The van der Waals surface area contributed by atoms with Crippen molar-refractivity contribution in [3.8, 4) is 0 Å². The molecule has 108 valence electrons. The van der Waals surface area contributed by atoms with Gasteiger partial charge in [0.05, 0.1) is 9.72 Å². The van der Waals surface area contributed by atoms with E-state index in [1.54, 1.807) is 11.3 Å². The molecule has 1 unspecified atom stereocenters. The Morgan fingerprint density at radius 3 is 2.80 bits per heavy atom. The molecule has 3 N–H and O–H groups in total. The summed E-state index contributed by atoms with van der Waals surface area (Å²) >= 11 is 7.75. The second-order valence-electron chi connectivity index (χ2n) is 4.95. The van der Waals surface area contributed by atoms with E-state index < -0.39 is 11.6 Å². The number of halogens is 1. The Hall–Kier alpha value is -1.14. The minimum absolute atomic E-state index is 0.0102. The third kappa shape index (κ3) is 2.96. The van der Waals surface area contributed by atoms with Gasteiger partial charge in [0, 0.05) is 18.0 Å². The number of carboxylic acids is 1. The van der Waals surface area contributed by atoms with Crippen LogP contribution in [0.3, 0.4) is 0 Å². The van der Waals surface area contributed by atoms with Crippen molar-refractivity contribution in [1.29, 1.82) is 0 Å². The molecule has 2 rings (SSSR count). The van der Waals surface area contributed by atoms with Crippen molar-refractivity contribution in [3.63, 3.8) is 0 Å². The molecule has 0 aliphatic heterocycles. The summed E-state index contributed by atoms with van der Waals surface area (Å²) in [5, 5.41) is 23.3. The largest absolute Gasteiger partial charge is 0.479 e. The molecule has 1 aromatic carbocycles. The quantitative estimate of drug-likeness (QED) is 0.794. The molecule has 2 aromatic rings. The first kappa shape index (κ1) is 15.3. The Balaban J connectivity index is 2.13. The molecule has 0 spiro atoms. The molecule has 1 aromatic heterocycles. The lowest BCUT2D eigenvalue weighted by Crippen LogP contribution is -2.44. The molecule has 0 amide bonds. The Bertz CT molecular complexity index is 651. The van der Waals surface area contributed by atoms with Gasteiger partial charge >= 0.3 is 5.97 Å². The van der Waals surface area contributed by atoms with Crippen LogP contribution in [0.1, 0.15) is 17.4 Å². The molecule has 1 heterocycles. The van der Waals surface area contributed by atoms with Gasteiger partial charge in [-0.3, -0.25) is 0 Å². The highest BCUT2D eigenvalue weighted by molar-refractivity contribution is 7.20. The molecule has 0 aliphatic rings. The van der Waals surface area contributed by atoms with Gasteiger partial charge in [-0.1, -0.05) is 23.7 Å². The Morgan fingerprint density at radius 2 is 2.20 bits per heavy atom. The fourth-order valence-electron chi connectivity index (χ4n) is 1.92. The van der Waals surface area contributed by atoms with Gasteiger partial charge in [-0.05, 0) is 30.9 Å². The summed E-state index contributed by atoms with van der Waals surface area (Å²) in [5.41, 5.74) is -0.627. The maximum Gasteiger partial charge on any atom is 0.336 e. The van der Waals surface area contributed by atoms with E-state index in [-0.39, 0.29) is 6.54 Å². The molecule has 20 heavy (non-hydrogen) atoms. The lowest BCUT2D eigenvalue weighted by molar-refractivity contribution is -0.156. The van der Waals surface area contributed by atoms with Crippen LogP contribution in [0.2, 0.25) is 5.02 Å². The number of thiophene rings is 1. The lowest BCUT2D eigenvalue weighted by atomic mass is 10.1. The molecular formula is C14H16ClNO3S. The van der Waals surface area contributed by atoms with E-state index in [1.807, 2.05) is 25.1 Å². The van der Waals surface area contributed by atoms with Crippen LogP contribution in [-0.4, -0.2) is 28.3 Å². The standard InChI is InChI=1S/C14H16ClNO3S/c1-8-9-4-3-5-10(15)12(9)20-11(8)6-16-7-14(2,19)13(17)18/h3-5,16,19H,6-7H2,1-2H3,(H,17,18). The van der Waals surface area contributed by atoms with Crippen LogP contribution in [0, 0.1) is 6.92 Å². The van der Waals surface area contributed by atoms with Gasteiger partial charge in [0.25, 0.3) is 0 Å². The molecule has 0 aliphatic carbocycles. The molecule has 0 saturated heterocycles. The molecule has 0 bridgehead atoms. The van der Waals surface area contributed by atoms with Crippen molar-refractivity contribution in [2.75, 3.05) is 6.54 Å². The third-order valence-corrected chi connectivity index (χ3v) is 5.00. The van der Waals surface area contributed by atoms with Crippen molar-refractivity contribution in [3.05, 3.63) is 33.7 Å². The topological polar surface area (TPSA) is 69.6 Å². The fourth-order valence-corrected chi connectivity index (χ4v) is 3.39. The van der Waals surface area contributed by atoms with Gasteiger partial charge in [-0.15, -0.1) is 11.3 Å². The van der Waals surface area contributed by atoms with Gasteiger partial charge in [0.15, 0.2) is 5.60 Å². The predicted octanol–water partition coefficient (Wildman–Crippen LogP) is 2.79. The molecule has 0 radical (unpaired) electrons. The SMILES string of the molecule is Cc1c(CNCC(C)(O)C(=O)O)sc2c(Cl)cccc12. The monoisotopic (exact) mass is 313 g/mol. The molecule has 1 atom stereocenters. The molecule has 0 fully saturated rings. The maximum atomic E-state index is 10.8. The van der Waals surface area contributed by atoms with E-state index in [1.165, 1.54) is 6.92 Å². The van der Waals surface area contributed by atoms with Crippen molar-refractivity contribution in [1.82, 2.24) is 5.32 Å². The van der Waals surface area contributed by atoms with Crippen LogP contribution in [0.15, 0.2) is 18.2 Å². The average Bonchev–Trinajstić information content (AvgIpc) is 2.68. The Morgan fingerprint density at radius 1 is 1.50 bits per heavy atom. The highest BCUT2D eigenvalue weighted by Gasteiger charge is 2.29. The van der Waals surface area contributed by atoms with Crippen LogP contribution in [0.25, 0.3) is 10.1 Å². The zero-order chi connectivity index (χ0) is 14.9. The summed E-state index contributed by atoms with van der Waals surface area (Å²) in [6.07, 6.45) is 0. The van der Waals surface area contributed by atoms with E-state index in [4.69, 9.17) is 16.7 Å². The average molecular weight is 314 g/mol. The van der Waals surface area contributed by atoms with E-state index in [9.17, 15) is 9.90 Å². The zero-order valence-corrected chi connectivity index (χ0v) is 12.8. The maximum absolute atomic E-state index is 10.8. The minimum atomic E-state index is -1.76. The van der Waals surface area contributed by atoms with Crippen LogP contribution >= 0.6 is 22.9 Å². The van der Waals surface area contributed by atoms with Crippen LogP contribution < -0.4 is 5.32 Å². The van der Waals surface area contributed by atoms with Crippen molar-refractivity contribution >= 4 is 39.0 Å². The Kier molecular flexibility index (Phi) is 4.34. The molecular weight excluding hydrogens is 298 g/mol. The van der Waals surface area contributed by atoms with Gasteiger partial charge in [0.2, 0.25) is 0 Å². The molecule has 6 heteroatoms. The van der Waals surface area contributed by atoms with Gasteiger partial charge < -0.3 is 15.5 Å². The summed E-state index contributed by atoms with van der Waals surface area (Å²) in [7, 11) is 0. The highest BCUT2D eigenvalue weighted by atomic mass is 35.5. The van der Waals surface area contributed by atoms with Crippen molar-refractivity contribution in [2.24, 2.45) is 0 Å². The number of fused-ring (bicyclic) bond motifs is 1. The number of aliphatic hydroxyl groups is 1. The van der Waals surface area contributed by atoms with Crippen molar-refractivity contribution in [2.45, 2.75) is 26.0 Å². The second-order valence-corrected chi connectivity index (χ2v) is 6.46. The normalized spacial score (nSPS) is 14.4. The van der Waals surface area contributed by atoms with Crippen molar-refractivity contribution < 1.29 is 15.0 Å². The van der Waals surface area contributed by atoms with Crippen LogP contribution in [0.5, 0.6) is 0 Å². The van der Waals surface area contributed by atoms with Gasteiger partial charge in [-0.25, -0.2) is 4.79 Å². The van der Waals surface area contributed by atoms with E-state index in [0.717, 1.165) is 25.5 Å². The third-order valence-electron chi connectivity index (χ3n) is 3.23. The van der Waals surface area contributed by atoms with E-state index >= 15 is 0 Å². The molecule has 0 saturated carbocycles. The number of hydrogen-bond acceptors (Lipinski definition) is 4. The minimum Gasteiger partial charge on any atom is -0.479 e. The number of carboxylic acid groups (broad SMARTS) is 1. The first-order chi connectivity index (χ1) is 9.33. The first-order valence-corrected chi connectivity index (χ1v) is 7.35. The van der Waals surface area contributed by atoms with Crippen LogP contribution in [0.4, 0.5) is 0 Å². The zero-order valence-electron chi connectivity index (χ0n) is 11.2. The van der Waals surface area contributed by atoms with E-state index in [0.29, 0.717) is 6.54 Å². The Labute approximate surface area is 126 Å². The van der Waals surface area contributed by atoms with Gasteiger partial charge in [-0.2, -0.15) is 0 Å². The fraction of sp³-hybridized carbons (Fsp3) is 0.357. The summed E-state index contributed by atoms with van der Waals surface area (Å²) in [6.45, 7) is 3.78. The number of aliphatic carboxylic acids is 1. The lowest BCUT2D eigenvalue weighted by Gasteiger charge is -2.18. The molecule has 4 nitrogen and oxygen atoms in total.